The van der Waals surface area contributed by atoms with Crippen LogP contribution in [-0.4, -0.2) is 25.6 Å². The molecule has 0 radical (unpaired) electrons. The van der Waals surface area contributed by atoms with Gasteiger partial charge in [-0.3, -0.25) is 10.1 Å². The number of aromatic hydroxyl groups is 1. The first-order chi connectivity index (χ1) is 13.8. The maximum atomic E-state index is 12.4. The third-order valence-corrected chi connectivity index (χ3v) is 6.08. The third kappa shape index (κ3) is 4.98. The van der Waals surface area contributed by atoms with Crippen LogP contribution in [0.25, 0.3) is 0 Å². The van der Waals surface area contributed by atoms with Crippen LogP contribution in [0.2, 0.25) is 0 Å². The molecule has 3 aromatic carbocycles. The normalized spacial score (nSPS) is 11.1. The minimum Gasteiger partial charge on any atom is -0.508 e. The van der Waals surface area contributed by atoms with Crippen LogP contribution in [0.1, 0.15) is 0 Å². The summed E-state index contributed by atoms with van der Waals surface area (Å²) in [5.74, 6) is 0.383. The molecule has 0 bridgehead atoms. The Labute approximate surface area is 171 Å². The Hall–Kier alpha value is -3.24. The fourth-order valence-electron chi connectivity index (χ4n) is 2.34. The largest absolute Gasteiger partial charge is 0.508 e. The van der Waals surface area contributed by atoms with Gasteiger partial charge in [0.1, 0.15) is 22.1 Å². The molecule has 29 heavy (non-hydrogen) atoms. The standard InChI is InChI=1S/C19H15NO7S2/c1-26-14-4-9-17(10-5-14)29(24,25)27-15-6-11-19(18(12-15)20(22)23)28-16-7-2-13(21)3-8-16/h2-12,21H,1H3. The lowest BCUT2D eigenvalue weighted by molar-refractivity contribution is -0.387. The van der Waals surface area contributed by atoms with Crippen molar-refractivity contribution in [1.82, 2.24) is 0 Å². The molecule has 0 saturated carbocycles. The Bertz CT molecular complexity index is 1130. The zero-order valence-corrected chi connectivity index (χ0v) is 16.6. The molecule has 1 N–H and O–H groups in total. The maximum absolute atomic E-state index is 12.4. The zero-order valence-electron chi connectivity index (χ0n) is 15.0. The van der Waals surface area contributed by atoms with E-state index in [0.29, 0.717) is 15.5 Å². The van der Waals surface area contributed by atoms with E-state index in [4.69, 9.17) is 8.92 Å². The van der Waals surface area contributed by atoms with Gasteiger partial charge in [0.15, 0.2) is 0 Å². The number of nitro benzene ring substituents is 1. The summed E-state index contributed by atoms with van der Waals surface area (Å²) in [6.45, 7) is 0. The van der Waals surface area contributed by atoms with Gasteiger partial charge >= 0.3 is 10.1 Å². The second-order valence-corrected chi connectivity index (χ2v) is 8.36. The number of phenolic OH excluding ortho intramolecular Hbond substituents is 1. The SMILES string of the molecule is COc1ccc(S(=O)(=O)Oc2ccc(Sc3ccc(O)cc3)c([N+](=O)[O-])c2)cc1. The summed E-state index contributed by atoms with van der Waals surface area (Å²) in [6, 6.07) is 15.5. The highest BCUT2D eigenvalue weighted by Gasteiger charge is 2.21. The average molecular weight is 433 g/mol. The molecule has 0 aliphatic carbocycles. The number of hydrogen-bond acceptors (Lipinski definition) is 8. The fourth-order valence-corrected chi connectivity index (χ4v) is 4.16. The van der Waals surface area contributed by atoms with Gasteiger partial charge in [0.05, 0.1) is 23.0 Å². The van der Waals surface area contributed by atoms with Crippen molar-refractivity contribution in [3.63, 3.8) is 0 Å². The second kappa shape index (κ2) is 8.41. The summed E-state index contributed by atoms with van der Waals surface area (Å²) in [6.07, 6.45) is 0. The minimum absolute atomic E-state index is 0.0799. The number of methoxy groups -OCH3 is 1. The average Bonchev–Trinajstić information content (AvgIpc) is 2.70. The number of ether oxygens (including phenoxy) is 1. The van der Waals surface area contributed by atoms with Crippen LogP contribution in [0, 0.1) is 10.1 Å². The zero-order chi connectivity index (χ0) is 21.0. The lowest BCUT2D eigenvalue weighted by Crippen LogP contribution is -2.10. The molecule has 0 aromatic heterocycles. The Kier molecular flexibility index (Phi) is 5.95. The molecule has 10 heteroatoms. The van der Waals surface area contributed by atoms with Crippen molar-refractivity contribution in [3.05, 3.63) is 76.8 Å². The van der Waals surface area contributed by atoms with Gasteiger partial charge in [0, 0.05) is 4.90 Å². The molecule has 8 nitrogen and oxygen atoms in total. The maximum Gasteiger partial charge on any atom is 0.339 e. The topological polar surface area (TPSA) is 116 Å². The number of phenols is 1. The summed E-state index contributed by atoms with van der Waals surface area (Å²) in [5.41, 5.74) is -0.300. The fraction of sp³-hybridized carbons (Fsp3) is 0.0526. The molecule has 3 rings (SSSR count). The van der Waals surface area contributed by atoms with E-state index in [1.165, 1.54) is 55.6 Å². The highest BCUT2D eigenvalue weighted by molar-refractivity contribution is 7.99. The molecule has 0 spiro atoms. The van der Waals surface area contributed by atoms with E-state index in [1.807, 2.05) is 0 Å². The molecular formula is C19H15NO7S2. The Morgan fingerprint density at radius 1 is 0.966 bits per heavy atom. The molecule has 0 saturated heterocycles. The highest BCUT2D eigenvalue weighted by atomic mass is 32.2. The smallest absolute Gasteiger partial charge is 0.339 e. The van der Waals surface area contributed by atoms with E-state index in [9.17, 15) is 23.6 Å². The summed E-state index contributed by atoms with van der Waals surface area (Å²) in [7, 11) is -2.71. The molecule has 0 amide bonds. The number of benzene rings is 3. The van der Waals surface area contributed by atoms with Crippen LogP contribution in [0.4, 0.5) is 5.69 Å². The molecule has 0 atom stereocenters. The van der Waals surface area contributed by atoms with Gasteiger partial charge in [-0.25, -0.2) is 0 Å². The first-order valence-corrected chi connectivity index (χ1v) is 10.3. The Morgan fingerprint density at radius 3 is 2.17 bits per heavy atom. The van der Waals surface area contributed by atoms with Gasteiger partial charge < -0.3 is 14.0 Å². The van der Waals surface area contributed by atoms with Crippen molar-refractivity contribution >= 4 is 27.6 Å². The van der Waals surface area contributed by atoms with E-state index in [2.05, 4.69) is 0 Å². The lowest BCUT2D eigenvalue weighted by atomic mass is 10.3. The van der Waals surface area contributed by atoms with Crippen LogP contribution in [0.15, 0.2) is 81.4 Å². The highest BCUT2D eigenvalue weighted by Crippen LogP contribution is 2.38. The van der Waals surface area contributed by atoms with Crippen molar-refractivity contribution in [2.24, 2.45) is 0 Å². The van der Waals surface area contributed by atoms with E-state index in [0.717, 1.165) is 17.8 Å². The number of rotatable bonds is 7. The van der Waals surface area contributed by atoms with Crippen molar-refractivity contribution in [1.29, 1.82) is 0 Å². The number of nitro groups is 1. The molecular weight excluding hydrogens is 418 g/mol. The summed E-state index contributed by atoms with van der Waals surface area (Å²) in [4.78, 5) is 11.7. The molecule has 0 aliphatic heterocycles. The van der Waals surface area contributed by atoms with Crippen molar-refractivity contribution in [3.8, 4) is 17.2 Å². The lowest BCUT2D eigenvalue weighted by Gasteiger charge is -2.09. The Balaban J connectivity index is 1.87. The first kappa shape index (κ1) is 20.5. The quantitative estimate of drug-likeness (QED) is 0.334. The van der Waals surface area contributed by atoms with Crippen LogP contribution >= 0.6 is 11.8 Å². The molecule has 150 valence electrons. The number of hydrogen-bond donors (Lipinski definition) is 1. The van der Waals surface area contributed by atoms with E-state index in [-0.39, 0.29) is 22.1 Å². The predicted molar refractivity (Wildman–Crippen MR) is 106 cm³/mol. The van der Waals surface area contributed by atoms with Gasteiger partial charge in [-0.05, 0) is 60.7 Å². The van der Waals surface area contributed by atoms with Crippen LogP contribution in [-0.2, 0) is 10.1 Å². The summed E-state index contributed by atoms with van der Waals surface area (Å²) >= 11 is 1.11. The van der Waals surface area contributed by atoms with Crippen molar-refractivity contribution in [2.45, 2.75) is 14.7 Å². The van der Waals surface area contributed by atoms with Crippen LogP contribution in [0.5, 0.6) is 17.2 Å². The molecule has 0 unspecified atom stereocenters. The first-order valence-electron chi connectivity index (χ1n) is 8.12. The van der Waals surface area contributed by atoms with E-state index >= 15 is 0 Å². The summed E-state index contributed by atoms with van der Waals surface area (Å²) in [5, 5.41) is 20.8. The minimum atomic E-state index is -4.17. The van der Waals surface area contributed by atoms with Crippen LogP contribution < -0.4 is 8.92 Å². The monoisotopic (exact) mass is 433 g/mol. The molecule has 0 aliphatic rings. The van der Waals surface area contributed by atoms with E-state index in [1.54, 1.807) is 12.1 Å². The Morgan fingerprint density at radius 2 is 1.59 bits per heavy atom. The van der Waals surface area contributed by atoms with Gasteiger partial charge in [-0.15, -0.1) is 0 Å². The molecule has 3 aromatic rings. The van der Waals surface area contributed by atoms with Gasteiger partial charge in [0.25, 0.3) is 5.69 Å². The van der Waals surface area contributed by atoms with Gasteiger partial charge in [-0.1, -0.05) is 11.8 Å². The predicted octanol–water partition coefficient (Wildman–Crippen LogP) is 4.23. The molecule has 0 heterocycles. The third-order valence-electron chi connectivity index (χ3n) is 3.75. The van der Waals surface area contributed by atoms with Crippen molar-refractivity contribution < 1.29 is 27.4 Å². The summed E-state index contributed by atoms with van der Waals surface area (Å²) < 4.78 is 34.9. The second-order valence-electron chi connectivity index (χ2n) is 5.70. The van der Waals surface area contributed by atoms with Gasteiger partial charge in [-0.2, -0.15) is 8.42 Å². The number of nitrogens with zero attached hydrogens (tertiary/aromatic N) is 1. The molecule has 0 fully saturated rings. The van der Waals surface area contributed by atoms with Crippen molar-refractivity contribution in [2.75, 3.05) is 7.11 Å². The van der Waals surface area contributed by atoms with Crippen LogP contribution in [0.3, 0.4) is 0 Å². The van der Waals surface area contributed by atoms with E-state index < -0.39 is 15.0 Å². The van der Waals surface area contributed by atoms with Gasteiger partial charge in [0.2, 0.25) is 0 Å².